The van der Waals surface area contributed by atoms with E-state index >= 15 is 0 Å². The van der Waals surface area contributed by atoms with Gasteiger partial charge < -0.3 is 25.2 Å². The number of carbonyl (C=O) groups excluding carboxylic acids is 2. The van der Waals surface area contributed by atoms with Crippen molar-refractivity contribution in [1.82, 2.24) is 0 Å². The number of rotatable bonds is 4. The second-order valence-electron chi connectivity index (χ2n) is 7.13. The summed E-state index contributed by atoms with van der Waals surface area (Å²) in [5.41, 5.74) is 2.56. The van der Waals surface area contributed by atoms with Gasteiger partial charge in [0.2, 0.25) is 0 Å². The molecule has 2 rings (SSSR count). The molecule has 1 aromatic carbocycles. The molecule has 0 saturated heterocycles. The Kier molecular flexibility index (Phi) is 11.3. The molecule has 0 amide bonds. The first-order valence-corrected chi connectivity index (χ1v) is 10.5. The van der Waals surface area contributed by atoms with Gasteiger partial charge >= 0.3 is 11.9 Å². The number of carbonyl (C=O) groups is 3. The number of phenols is 1. The number of fused-ring (bicyclic) bond motifs is 1. The van der Waals surface area contributed by atoms with Crippen LogP contribution in [0.15, 0.2) is 30.4 Å². The summed E-state index contributed by atoms with van der Waals surface area (Å²) in [4.78, 5) is 40.1. The highest BCUT2D eigenvalue weighted by Crippen LogP contribution is 2.30. The molecule has 0 bridgehead atoms. The average Bonchev–Trinajstić information content (AvgIpc) is 2.76. The molecule has 1 aromatic rings. The SMILES string of the molecule is CC.CC1OC(=O)c2c(O)cc(NOCC(=O)O)cc2/C=C/CC(O)C(O)C(=O)/C=C\[C@H]1C. The van der Waals surface area contributed by atoms with Crippen LogP contribution in [0.3, 0.4) is 0 Å². The Hall–Kier alpha value is -3.21. The molecule has 3 unspecified atom stereocenters. The fourth-order valence-electron chi connectivity index (χ4n) is 2.73. The maximum atomic E-state index is 12.7. The minimum Gasteiger partial charge on any atom is -0.507 e. The van der Waals surface area contributed by atoms with E-state index in [4.69, 9.17) is 14.7 Å². The van der Waals surface area contributed by atoms with Crippen LogP contribution in [0.4, 0.5) is 5.69 Å². The van der Waals surface area contributed by atoms with Crippen molar-refractivity contribution in [2.45, 2.75) is 52.4 Å². The second-order valence-corrected chi connectivity index (χ2v) is 7.13. The van der Waals surface area contributed by atoms with Crippen LogP contribution < -0.4 is 5.48 Å². The number of hydrogen-bond donors (Lipinski definition) is 5. The number of aliphatic hydroxyl groups is 2. The van der Waals surface area contributed by atoms with Crippen molar-refractivity contribution < 1.29 is 44.4 Å². The van der Waals surface area contributed by atoms with Gasteiger partial charge in [-0.05, 0) is 31.1 Å². The lowest BCUT2D eigenvalue weighted by Crippen LogP contribution is -2.32. The predicted molar refractivity (Wildman–Crippen MR) is 121 cm³/mol. The molecule has 0 saturated carbocycles. The number of carboxylic acids is 1. The predicted octanol–water partition coefficient (Wildman–Crippen LogP) is 2.29. The molecule has 0 radical (unpaired) electrons. The molecule has 1 aliphatic heterocycles. The Morgan fingerprint density at radius 1 is 1.18 bits per heavy atom. The van der Waals surface area contributed by atoms with Gasteiger partial charge in [0.1, 0.15) is 23.5 Å². The average molecular weight is 465 g/mol. The zero-order valence-electron chi connectivity index (χ0n) is 19.0. The van der Waals surface area contributed by atoms with E-state index in [-0.39, 0.29) is 23.2 Å². The van der Waals surface area contributed by atoms with Crippen molar-refractivity contribution in [2.75, 3.05) is 12.1 Å². The molecule has 5 N–H and O–H groups in total. The number of benzene rings is 1. The van der Waals surface area contributed by atoms with E-state index in [1.54, 1.807) is 13.8 Å². The van der Waals surface area contributed by atoms with Gasteiger partial charge in [0.05, 0.1) is 11.8 Å². The van der Waals surface area contributed by atoms with Crippen molar-refractivity contribution in [3.05, 3.63) is 41.5 Å². The Bertz CT molecular complexity index is 894. The smallest absolute Gasteiger partial charge is 0.342 e. The van der Waals surface area contributed by atoms with Crippen molar-refractivity contribution in [2.24, 2.45) is 5.92 Å². The molecule has 33 heavy (non-hydrogen) atoms. The van der Waals surface area contributed by atoms with Crippen LogP contribution >= 0.6 is 0 Å². The largest absolute Gasteiger partial charge is 0.507 e. The summed E-state index contributed by atoms with van der Waals surface area (Å²) in [6.45, 7) is 6.66. The number of aliphatic carboxylic acids is 1. The van der Waals surface area contributed by atoms with E-state index in [1.807, 2.05) is 13.8 Å². The molecule has 4 atom stereocenters. The molecule has 0 aromatic heterocycles. The van der Waals surface area contributed by atoms with Gasteiger partial charge in [-0.15, -0.1) is 0 Å². The van der Waals surface area contributed by atoms with Crippen LogP contribution in [0.25, 0.3) is 6.08 Å². The lowest BCUT2D eigenvalue weighted by atomic mass is 9.99. The molecule has 0 aliphatic carbocycles. The van der Waals surface area contributed by atoms with E-state index in [2.05, 4.69) is 5.48 Å². The standard InChI is InChI=1S/C21H25NO9.C2H6/c1-11-6-7-16(24)20(28)15(23)5-3-4-13-8-14(22-30-10-18(26)27)9-17(25)19(13)21(29)31-12(11)2;1-2/h3-4,6-9,11-12,15,20,22-23,25,28H,5,10H2,1-2H3,(H,26,27);1-2H3/b4-3+,7-6-;/t11-,12?,15?,20?;/m1./s1. The lowest BCUT2D eigenvalue weighted by molar-refractivity contribution is -0.141. The highest BCUT2D eigenvalue weighted by molar-refractivity contribution is 5.97. The van der Waals surface area contributed by atoms with E-state index < -0.39 is 54.3 Å². The van der Waals surface area contributed by atoms with Gasteiger partial charge in [0.25, 0.3) is 0 Å². The Labute approximate surface area is 192 Å². The molecule has 10 nitrogen and oxygen atoms in total. The first-order chi connectivity index (χ1) is 15.6. The molecule has 182 valence electrons. The van der Waals surface area contributed by atoms with Crippen LogP contribution in [-0.2, 0) is 19.2 Å². The number of nitrogens with one attached hydrogen (secondary N) is 1. The van der Waals surface area contributed by atoms with E-state index in [9.17, 15) is 29.7 Å². The number of aliphatic hydroxyl groups excluding tert-OH is 2. The monoisotopic (exact) mass is 465 g/mol. The highest BCUT2D eigenvalue weighted by Gasteiger charge is 2.25. The number of carboxylic acid groups (broad SMARTS) is 1. The minimum absolute atomic E-state index is 0.116. The molecule has 1 heterocycles. The summed E-state index contributed by atoms with van der Waals surface area (Å²) in [6.07, 6.45) is 1.62. The maximum Gasteiger partial charge on any atom is 0.342 e. The van der Waals surface area contributed by atoms with Crippen LogP contribution in [0.5, 0.6) is 5.75 Å². The lowest BCUT2D eigenvalue weighted by Gasteiger charge is -2.20. The van der Waals surface area contributed by atoms with Gasteiger partial charge in [0, 0.05) is 12.0 Å². The Balaban J connectivity index is 0.00000265. The quantitative estimate of drug-likeness (QED) is 0.329. The topological polar surface area (TPSA) is 163 Å². The number of cyclic esters (lactones) is 1. The van der Waals surface area contributed by atoms with Gasteiger partial charge in [-0.25, -0.2) is 9.59 Å². The fourth-order valence-corrected chi connectivity index (χ4v) is 2.73. The first-order valence-electron chi connectivity index (χ1n) is 10.5. The van der Waals surface area contributed by atoms with E-state index in [0.717, 1.165) is 6.08 Å². The minimum atomic E-state index is -1.63. The molecular formula is C23H31NO9. The number of anilines is 1. The first kappa shape index (κ1) is 27.8. The molecule has 1 aliphatic rings. The molecule has 0 fully saturated rings. The third kappa shape index (κ3) is 8.33. The molecule has 0 spiro atoms. The van der Waals surface area contributed by atoms with Gasteiger partial charge in [-0.3, -0.25) is 15.1 Å². The van der Waals surface area contributed by atoms with Gasteiger partial charge in [0.15, 0.2) is 12.4 Å². The normalized spacial score (nSPS) is 25.4. The van der Waals surface area contributed by atoms with Crippen molar-refractivity contribution in [3.63, 3.8) is 0 Å². The fraction of sp³-hybridized carbons (Fsp3) is 0.435. The number of ketones is 1. The number of esters is 1. The summed E-state index contributed by atoms with van der Waals surface area (Å²) in [7, 11) is 0. The number of aromatic hydroxyl groups is 1. The summed E-state index contributed by atoms with van der Waals surface area (Å²) < 4.78 is 5.41. The number of ether oxygens (including phenoxy) is 1. The van der Waals surface area contributed by atoms with Crippen molar-refractivity contribution in [1.29, 1.82) is 0 Å². The molecular weight excluding hydrogens is 434 g/mol. The summed E-state index contributed by atoms with van der Waals surface area (Å²) in [6, 6.07) is 2.58. The molecule has 10 heteroatoms. The third-order valence-corrected chi connectivity index (χ3v) is 4.67. The van der Waals surface area contributed by atoms with E-state index in [0.29, 0.717) is 0 Å². The van der Waals surface area contributed by atoms with Crippen LogP contribution in [0.2, 0.25) is 0 Å². The second kappa shape index (κ2) is 13.4. The maximum absolute atomic E-state index is 12.7. The van der Waals surface area contributed by atoms with Crippen molar-refractivity contribution in [3.8, 4) is 5.75 Å². The van der Waals surface area contributed by atoms with Crippen molar-refractivity contribution >= 4 is 29.5 Å². The Morgan fingerprint density at radius 3 is 2.48 bits per heavy atom. The van der Waals surface area contributed by atoms with Crippen LogP contribution in [-0.4, -0.2) is 63.1 Å². The summed E-state index contributed by atoms with van der Waals surface area (Å²) >= 11 is 0. The van der Waals surface area contributed by atoms with Crippen LogP contribution in [0, 0.1) is 5.92 Å². The summed E-state index contributed by atoms with van der Waals surface area (Å²) in [5.74, 6) is -3.54. The van der Waals surface area contributed by atoms with E-state index in [1.165, 1.54) is 30.4 Å². The number of hydrogen-bond acceptors (Lipinski definition) is 9. The Morgan fingerprint density at radius 2 is 1.85 bits per heavy atom. The summed E-state index contributed by atoms with van der Waals surface area (Å²) in [5, 5.41) is 39.1. The number of phenolic OH excluding ortho intramolecular Hbond substituents is 1. The zero-order chi connectivity index (χ0) is 25.1. The van der Waals surface area contributed by atoms with Crippen LogP contribution in [0.1, 0.15) is 50.0 Å². The highest BCUT2D eigenvalue weighted by atomic mass is 16.7. The van der Waals surface area contributed by atoms with Gasteiger partial charge in [-0.1, -0.05) is 39.0 Å². The van der Waals surface area contributed by atoms with Gasteiger partial charge in [-0.2, -0.15) is 0 Å². The zero-order valence-corrected chi connectivity index (χ0v) is 19.0. The third-order valence-electron chi connectivity index (χ3n) is 4.67.